The number of ketones is 1. The standard InChI is InChI=1S/C11H10O2S/c1-2-4-11(14)10(12)7-6-9-5-3-8-13-9/h2-8,14H,1H2/b7-6+,11-4-. The summed E-state index contributed by atoms with van der Waals surface area (Å²) in [7, 11) is 0. The van der Waals surface area contributed by atoms with Crippen LogP contribution >= 0.6 is 12.6 Å². The Morgan fingerprint density at radius 3 is 2.93 bits per heavy atom. The highest BCUT2D eigenvalue weighted by Gasteiger charge is 1.99. The molecule has 0 radical (unpaired) electrons. The normalized spacial score (nSPS) is 11.9. The second-order valence-electron chi connectivity index (χ2n) is 2.50. The van der Waals surface area contributed by atoms with Gasteiger partial charge in [0.05, 0.1) is 11.2 Å². The van der Waals surface area contributed by atoms with Crippen LogP contribution in [0.25, 0.3) is 6.08 Å². The highest BCUT2D eigenvalue weighted by Crippen LogP contribution is 2.07. The fourth-order valence-electron chi connectivity index (χ4n) is 0.823. The maximum absolute atomic E-state index is 11.3. The molecule has 0 aliphatic rings. The third-order valence-corrected chi connectivity index (χ3v) is 1.84. The largest absolute Gasteiger partial charge is 0.465 e. The van der Waals surface area contributed by atoms with Crippen LogP contribution < -0.4 is 0 Å². The molecule has 0 aliphatic heterocycles. The number of rotatable bonds is 4. The van der Waals surface area contributed by atoms with Gasteiger partial charge in [-0.05, 0) is 30.4 Å². The second-order valence-corrected chi connectivity index (χ2v) is 2.98. The zero-order valence-electron chi connectivity index (χ0n) is 7.51. The first-order chi connectivity index (χ1) is 6.74. The molecule has 2 nitrogen and oxygen atoms in total. The third-order valence-electron chi connectivity index (χ3n) is 1.47. The van der Waals surface area contributed by atoms with Gasteiger partial charge in [-0.3, -0.25) is 4.79 Å². The van der Waals surface area contributed by atoms with E-state index in [1.54, 1.807) is 24.5 Å². The Hall–Kier alpha value is -1.48. The number of hydrogen-bond acceptors (Lipinski definition) is 3. The zero-order valence-corrected chi connectivity index (χ0v) is 8.41. The minimum absolute atomic E-state index is 0.176. The van der Waals surface area contributed by atoms with E-state index in [-0.39, 0.29) is 5.78 Å². The molecule has 14 heavy (non-hydrogen) atoms. The van der Waals surface area contributed by atoms with Crippen LogP contribution in [0.1, 0.15) is 5.76 Å². The van der Waals surface area contributed by atoms with E-state index in [4.69, 9.17) is 4.42 Å². The summed E-state index contributed by atoms with van der Waals surface area (Å²) in [6.45, 7) is 3.47. The van der Waals surface area contributed by atoms with Crippen molar-refractivity contribution < 1.29 is 9.21 Å². The molecule has 0 aromatic carbocycles. The Kier molecular flexibility index (Phi) is 4.01. The molecule has 1 aromatic heterocycles. The van der Waals surface area contributed by atoms with Crippen molar-refractivity contribution in [1.29, 1.82) is 0 Å². The SMILES string of the molecule is C=C/C=C(\S)C(=O)/C=C/c1ccco1. The Bertz CT molecular complexity index is 372. The molecule has 1 rings (SSSR count). The van der Waals surface area contributed by atoms with E-state index < -0.39 is 0 Å². The summed E-state index contributed by atoms with van der Waals surface area (Å²) in [5, 5.41) is 0. The number of carbonyl (C=O) groups excluding carboxylic acids is 1. The topological polar surface area (TPSA) is 30.2 Å². The summed E-state index contributed by atoms with van der Waals surface area (Å²) in [5.74, 6) is 0.461. The number of hydrogen-bond donors (Lipinski definition) is 1. The Labute approximate surface area is 88.0 Å². The van der Waals surface area contributed by atoms with E-state index in [1.807, 2.05) is 0 Å². The van der Waals surface area contributed by atoms with E-state index in [1.165, 1.54) is 18.2 Å². The van der Waals surface area contributed by atoms with Crippen LogP contribution in [0.2, 0.25) is 0 Å². The molecule has 0 amide bonds. The number of furan rings is 1. The van der Waals surface area contributed by atoms with Crippen molar-refractivity contribution in [2.75, 3.05) is 0 Å². The molecule has 1 heterocycles. The molecule has 0 aliphatic carbocycles. The third kappa shape index (κ3) is 3.11. The molecule has 0 atom stereocenters. The van der Waals surface area contributed by atoms with Crippen molar-refractivity contribution in [1.82, 2.24) is 0 Å². The quantitative estimate of drug-likeness (QED) is 0.466. The first-order valence-electron chi connectivity index (χ1n) is 4.01. The van der Waals surface area contributed by atoms with Gasteiger partial charge in [0.2, 0.25) is 0 Å². The molecule has 1 aromatic rings. The van der Waals surface area contributed by atoms with E-state index >= 15 is 0 Å². The predicted molar refractivity (Wildman–Crippen MR) is 60.0 cm³/mol. The van der Waals surface area contributed by atoms with Crippen LogP contribution in [0.4, 0.5) is 0 Å². The fourth-order valence-corrected chi connectivity index (χ4v) is 1.00. The molecule has 3 heteroatoms. The highest BCUT2D eigenvalue weighted by atomic mass is 32.1. The van der Waals surface area contributed by atoms with Gasteiger partial charge < -0.3 is 4.42 Å². The molecular weight excluding hydrogens is 196 g/mol. The molecule has 0 saturated heterocycles. The molecule has 0 N–H and O–H groups in total. The molecule has 0 fully saturated rings. The molecule has 0 bridgehead atoms. The van der Waals surface area contributed by atoms with E-state index in [0.29, 0.717) is 10.7 Å². The highest BCUT2D eigenvalue weighted by molar-refractivity contribution is 7.85. The summed E-state index contributed by atoms with van der Waals surface area (Å²) in [6.07, 6.45) is 7.60. The monoisotopic (exact) mass is 206 g/mol. The Morgan fingerprint density at radius 1 is 1.57 bits per heavy atom. The van der Waals surface area contributed by atoms with Gasteiger partial charge >= 0.3 is 0 Å². The van der Waals surface area contributed by atoms with Crippen LogP contribution in [0, 0.1) is 0 Å². The lowest BCUT2D eigenvalue weighted by Crippen LogP contribution is -1.90. The van der Waals surface area contributed by atoms with Crippen molar-refractivity contribution in [2.24, 2.45) is 0 Å². The minimum Gasteiger partial charge on any atom is -0.465 e. The van der Waals surface area contributed by atoms with E-state index in [2.05, 4.69) is 19.2 Å². The first-order valence-corrected chi connectivity index (χ1v) is 4.46. The van der Waals surface area contributed by atoms with Gasteiger partial charge in [0, 0.05) is 0 Å². The summed E-state index contributed by atoms with van der Waals surface area (Å²) in [5.41, 5.74) is 0. The van der Waals surface area contributed by atoms with Crippen molar-refractivity contribution >= 4 is 24.5 Å². The summed E-state index contributed by atoms with van der Waals surface area (Å²) in [6, 6.07) is 3.52. The smallest absolute Gasteiger partial charge is 0.192 e. The molecule has 72 valence electrons. The fraction of sp³-hybridized carbons (Fsp3) is 0. The number of carbonyl (C=O) groups is 1. The lowest BCUT2D eigenvalue weighted by atomic mass is 10.3. The lowest BCUT2D eigenvalue weighted by molar-refractivity contribution is -0.110. The molecule has 0 spiro atoms. The average Bonchev–Trinajstić information content (AvgIpc) is 2.67. The summed E-state index contributed by atoms with van der Waals surface area (Å²) in [4.78, 5) is 11.7. The van der Waals surface area contributed by atoms with Crippen molar-refractivity contribution in [2.45, 2.75) is 0 Å². The van der Waals surface area contributed by atoms with Crippen LogP contribution in [0.15, 0.2) is 52.5 Å². The van der Waals surface area contributed by atoms with Gasteiger partial charge in [-0.25, -0.2) is 0 Å². The van der Waals surface area contributed by atoms with Gasteiger partial charge in [-0.1, -0.05) is 12.7 Å². The van der Waals surface area contributed by atoms with Gasteiger partial charge in [0.15, 0.2) is 5.78 Å². The van der Waals surface area contributed by atoms with E-state index in [9.17, 15) is 4.79 Å². The summed E-state index contributed by atoms with van der Waals surface area (Å²) < 4.78 is 5.02. The summed E-state index contributed by atoms with van der Waals surface area (Å²) >= 11 is 3.99. The van der Waals surface area contributed by atoms with Gasteiger partial charge in [0.1, 0.15) is 5.76 Å². The van der Waals surface area contributed by atoms with Crippen LogP contribution in [0.3, 0.4) is 0 Å². The lowest BCUT2D eigenvalue weighted by Gasteiger charge is -1.90. The Balaban J connectivity index is 2.65. The molecular formula is C11H10O2S. The maximum atomic E-state index is 11.3. The van der Waals surface area contributed by atoms with Crippen molar-refractivity contribution in [3.63, 3.8) is 0 Å². The van der Waals surface area contributed by atoms with Gasteiger partial charge in [0.25, 0.3) is 0 Å². The Morgan fingerprint density at radius 2 is 2.36 bits per heavy atom. The second kappa shape index (κ2) is 5.29. The van der Waals surface area contributed by atoms with E-state index in [0.717, 1.165) is 0 Å². The number of allylic oxidation sites excluding steroid dienone is 4. The van der Waals surface area contributed by atoms with Crippen LogP contribution in [0.5, 0.6) is 0 Å². The van der Waals surface area contributed by atoms with Crippen LogP contribution in [-0.2, 0) is 4.79 Å². The number of thiol groups is 1. The zero-order chi connectivity index (χ0) is 10.4. The van der Waals surface area contributed by atoms with Crippen molar-refractivity contribution in [3.05, 3.63) is 53.9 Å². The minimum atomic E-state index is -0.176. The average molecular weight is 206 g/mol. The molecule has 0 unspecified atom stereocenters. The van der Waals surface area contributed by atoms with Gasteiger partial charge in [-0.15, -0.1) is 12.6 Å². The van der Waals surface area contributed by atoms with Crippen molar-refractivity contribution in [3.8, 4) is 0 Å². The first kappa shape index (κ1) is 10.6. The molecule has 0 saturated carbocycles. The van der Waals surface area contributed by atoms with Gasteiger partial charge in [-0.2, -0.15) is 0 Å². The predicted octanol–water partition coefficient (Wildman–Crippen LogP) is 2.86. The maximum Gasteiger partial charge on any atom is 0.192 e. The van der Waals surface area contributed by atoms with Crippen LogP contribution in [-0.4, -0.2) is 5.78 Å².